The summed E-state index contributed by atoms with van der Waals surface area (Å²) in [6.07, 6.45) is 10.0. The van der Waals surface area contributed by atoms with E-state index in [0.717, 1.165) is 36.1 Å². The van der Waals surface area contributed by atoms with E-state index in [0.29, 0.717) is 18.8 Å². The summed E-state index contributed by atoms with van der Waals surface area (Å²) in [6.45, 7) is 4.10. The zero-order valence-electron chi connectivity index (χ0n) is 20.8. The van der Waals surface area contributed by atoms with E-state index in [-0.39, 0.29) is 23.3 Å². The smallest absolute Gasteiger partial charge is 0.318 e. The molecule has 1 fully saturated rings. The van der Waals surface area contributed by atoms with E-state index in [1.54, 1.807) is 4.90 Å². The van der Waals surface area contributed by atoms with E-state index in [2.05, 4.69) is 39.6 Å². The first-order valence-electron chi connectivity index (χ1n) is 11.8. The Morgan fingerprint density at radius 3 is 2.44 bits per heavy atom. The van der Waals surface area contributed by atoms with Crippen molar-refractivity contribution in [3.05, 3.63) is 47.2 Å². The standard InChI is InChI=1S/C25H37N5O3S/c1-24(2)20-19(21(29-28-20)27-22(32)25(12-9-13-25)34(3,4)5)15-30(24)23(33)26-18(16-31)14-17-10-7-6-8-11-17/h6-8,10-11,18,31H,9,12-16H2,1-5H3,(H,26,33)(H2,27,28,29,32)/t18-/m1/s1. The first kappa shape index (κ1) is 24.6. The Labute approximate surface area is 203 Å². The van der Waals surface area contributed by atoms with Crippen molar-refractivity contribution in [3.63, 3.8) is 0 Å². The Morgan fingerprint density at radius 2 is 1.88 bits per heavy atom. The summed E-state index contributed by atoms with van der Waals surface area (Å²) in [6, 6.07) is 9.14. The lowest BCUT2D eigenvalue weighted by Gasteiger charge is -2.53. The summed E-state index contributed by atoms with van der Waals surface area (Å²) in [4.78, 5) is 28.3. The third-order valence-electron chi connectivity index (χ3n) is 7.57. The lowest BCUT2D eigenvalue weighted by Crippen LogP contribution is -2.51. The molecule has 2 heterocycles. The van der Waals surface area contributed by atoms with E-state index < -0.39 is 21.6 Å². The molecule has 0 unspecified atom stereocenters. The highest BCUT2D eigenvalue weighted by molar-refractivity contribution is 8.33. The van der Waals surface area contributed by atoms with Gasteiger partial charge in [-0.3, -0.25) is 9.89 Å². The van der Waals surface area contributed by atoms with Gasteiger partial charge in [0.2, 0.25) is 5.91 Å². The second-order valence-corrected chi connectivity index (χ2v) is 15.2. The number of urea groups is 1. The number of aliphatic hydroxyl groups excluding tert-OH is 1. The number of aromatic nitrogens is 2. The van der Waals surface area contributed by atoms with E-state index in [9.17, 15) is 14.7 Å². The van der Waals surface area contributed by atoms with Gasteiger partial charge in [-0.15, -0.1) is 0 Å². The van der Waals surface area contributed by atoms with Gasteiger partial charge in [-0.2, -0.15) is 5.10 Å². The third kappa shape index (κ3) is 4.20. The van der Waals surface area contributed by atoms with Crippen LogP contribution in [0.5, 0.6) is 0 Å². The zero-order chi connectivity index (χ0) is 24.7. The third-order valence-corrected chi connectivity index (χ3v) is 10.5. The molecule has 0 radical (unpaired) electrons. The summed E-state index contributed by atoms with van der Waals surface area (Å²) in [5, 5.41) is 23.4. The summed E-state index contributed by atoms with van der Waals surface area (Å²) in [7, 11) is -1.08. The molecular weight excluding hydrogens is 450 g/mol. The molecule has 0 bridgehead atoms. The van der Waals surface area contributed by atoms with E-state index in [4.69, 9.17) is 0 Å². The van der Waals surface area contributed by atoms with E-state index >= 15 is 0 Å². The minimum atomic E-state index is -1.08. The average Bonchev–Trinajstić information content (AvgIpc) is 3.24. The van der Waals surface area contributed by atoms with Crippen molar-refractivity contribution in [2.45, 2.75) is 62.4 Å². The van der Waals surface area contributed by atoms with Gasteiger partial charge in [-0.25, -0.2) is 14.8 Å². The molecule has 1 aromatic carbocycles. The van der Waals surface area contributed by atoms with Gasteiger partial charge >= 0.3 is 6.03 Å². The fourth-order valence-corrected chi connectivity index (χ4v) is 7.21. The van der Waals surface area contributed by atoms with Crippen LogP contribution < -0.4 is 10.6 Å². The Kier molecular flexibility index (Phi) is 6.46. The number of hydrogen-bond donors (Lipinski definition) is 4. The van der Waals surface area contributed by atoms with Crippen molar-refractivity contribution >= 4 is 27.8 Å². The maximum absolute atomic E-state index is 13.3. The molecule has 1 aliphatic carbocycles. The number of aromatic amines is 1. The molecule has 1 aliphatic heterocycles. The Hall–Kier alpha value is -2.52. The number of rotatable bonds is 7. The van der Waals surface area contributed by atoms with Gasteiger partial charge in [0.05, 0.1) is 35.2 Å². The molecule has 186 valence electrons. The van der Waals surface area contributed by atoms with Gasteiger partial charge < -0.3 is 20.6 Å². The number of nitrogens with zero attached hydrogens (tertiary/aromatic N) is 2. The fourth-order valence-electron chi connectivity index (χ4n) is 5.09. The second kappa shape index (κ2) is 8.92. The molecule has 1 aromatic heterocycles. The first-order chi connectivity index (χ1) is 16.0. The predicted molar refractivity (Wildman–Crippen MR) is 137 cm³/mol. The molecule has 1 saturated carbocycles. The lowest BCUT2D eigenvalue weighted by atomic mass is 9.83. The topological polar surface area (TPSA) is 110 Å². The van der Waals surface area contributed by atoms with Gasteiger partial charge in [0.15, 0.2) is 5.82 Å². The van der Waals surface area contributed by atoms with E-state index in [1.807, 2.05) is 44.2 Å². The number of carbonyl (C=O) groups is 2. The quantitative estimate of drug-likeness (QED) is 0.480. The molecule has 4 rings (SSSR count). The molecule has 2 aliphatic rings. The van der Waals surface area contributed by atoms with Crippen LogP contribution in [0.25, 0.3) is 0 Å². The molecule has 4 N–H and O–H groups in total. The number of nitrogens with one attached hydrogen (secondary N) is 3. The maximum atomic E-state index is 13.3. The van der Waals surface area contributed by atoms with Crippen LogP contribution in [0.3, 0.4) is 0 Å². The Bertz CT molecular complexity index is 1060. The summed E-state index contributed by atoms with van der Waals surface area (Å²) in [5.41, 5.74) is 2.08. The monoisotopic (exact) mass is 487 g/mol. The van der Waals surface area contributed by atoms with Gasteiger partial charge in [-0.05, 0) is 63.9 Å². The number of amides is 3. The molecule has 2 aromatic rings. The largest absolute Gasteiger partial charge is 0.394 e. The van der Waals surface area contributed by atoms with Crippen molar-refractivity contribution in [1.82, 2.24) is 20.4 Å². The maximum Gasteiger partial charge on any atom is 0.318 e. The van der Waals surface area contributed by atoms with Gasteiger partial charge in [0, 0.05) is 5.56 Å². The molecule has 34 heavy (non-hydrogen) atoms. The fraction of sp³-hybridized carbons (Fsp3) is 0.560. The highest BCUT2D eigenvalue weighted by Gasteiger charge is 2.51. The van der Waals surface area contributed by atoms with Crippen LogP contribution in [-0.4, -0.2) is 68.3 Å². The number of anilines is 1. The molecule has 9 heteroatoms. The normalized spacial score (nSPS) is 19.6. The van der Waals surface area contributed by atoms with Crippen LogP contribution in [0.1, 0.15) is 49.9 Å². The molecule has 0 saturated heterocycles. The zero-order valence-corrected chi connectivity index (χ0v) is 21.6. The van der Waals surface area contributed by atoms with Crippen molar-refractivity contribution in [2.24, 2.45) is 0 Å². The number of H-pyrrole nitrogens is 1. The first-order valence-corrected chi connectivity index (χ1v) is 14.7. The van der Waals surface area contributed by atoms with Crippen molar-refractivity contribution in [1.29, 1.82) is 0 Å². The summed E-state index contributed by atoms with van der Waals surface area (Å²) >= 11 is 0. The van der Waals surface area contributed by atoms with Crippen LogP contribution in [0, 0.1) is 0 Å². The number of hydrogen-bond acceptors (Lipinski definition) is 4. The van der Waals surface area contributed by atoms with Crippen LogP contribution in [-0.2, 0) is 23.3 Å². The van der Waals surface area contributed by atoms with E-state index in [1.165, 1.54) is 0 Å². The molecule has 1 atom stereocenters. The Morgan fingerprint density at radius 1 is 1.21 bits per heavy atom. The van der Waals surface area contributed by atoms with Crippen LogP contribution >= 0.6 is 10.0 Å². The molecule has 8 nitrogen and oxygen atoms in total. The highest BCUT2D eigenvalue weighted by Crippen LogP contribution is 2.60. The van der Waals surface area contributed by atoms with Crippen LogP contribution in [0.15, 0.2) is 30.3 Å². The van der Waals surface area contributed by atoms with Gasteiger partial charge in [0.25, 0.3) is 0 Å². The van der Waals surface area contributed by atoms with Gasteiger partial charge in [-0.1, -0.05) is 30.3 Å². The minimum Gasteiger partial charge on any atom is -0.394 e. The predicted octanol–water partition coefficient (Wildman–Crippen LogP) is 3.33. The Balaban J connectivity index is 1.48. The van der Waals surface area contributed by atoms with Crippen molar-refractivity contribution < 1.29 is 14.7 Å². The molecule has 0 spiro atoms. The highest BCUT2D eigenvalue weighted by atomic mass is 32.3. The number of fused-ring (bicyclic) bond motifs is 1. The lowest BCUT2D eigenvalue weighted by molar-refractivity contribution is -0.120. The van der Waals surface area contributed by atoms with Crippen LogP contribution in [0.4, 0.5) is 10.6 Å². The van der Waals surface area contributed by atoms with Crippen molar-refractivity contribution in [3.8, 4) is 0 Å². The van der Waals surface area contributed by atoms with Crippen LogP contribution in [0.2, 0.25) is 0 Å². The number of benzene rings is 1. The second-order valence-electron chi connectivity index (χ2n) is 10.7. The average molecular weight is 488 g/mol. The SMILES string of the molecule is CC1(C)c2[nH]nc(NC(=O)C3(S(C)(C)C)CCC3)c2CN1C(=O)N[C@@H](CO)Cc1ccccc1. The minimum absolute atomic E-state index is 0.0412. The van der Waals surface area contributed by atoms with Crippen molar-refractivity contribution in [2.75, 3.05) is 30.7 Å². The van der Waals surface area contributed by atoms with Gasteiger partial charge in [0.1, 0.15) is 0 Å². The summed E-state index contributed by atoms with van der Waals surface area (Å²) < 4.78 is -0.310. The number of carbonyl (C=O) groups excluding carboxylic acids is 2. The molecular formula is C25H37N5O3S. The summed E-state index contributed by atoms with van der Waals surface area (Å²) in [5.74, 6) is 0.556. The molecule has 3 amide bonds. The number of aliphatic hydroxyl groups is 1.